The number of carbonyl (C=O) groups is 1. The van der Waals surface area contributed by atoms with E-state index in [1.54, 1.807) is 0 Å². The molecule has 1 amide bonds. The summed E-state index contributed by atoms with van der Waals surface area (Å²) in [7, 11) is 1.19. The van der Waals surface area contributed by atoms with Crippen LogP contribution >= 0.6 is 0 Å². The molecule has 0 fully saturated rings. The van der Waals surface area contributed by atoms with Crippen molar-refractivity contribution in [2.24, 2.45) is 7.05 Å². The van der Waals surface area contributed by atoms with Crippen molar-refractivity contribution in [3.8, 4) is 5.88 Å². The first-order valence-corrected chi connectivity index (χ1v) is 6.67. The smallest absolute Gasteiger partial charge is 0.437 e. The van der Waals surface area contributed by atoms with Crippen LogP contribution < -0.4 is 9.64 Å². The number of benzene rings is 1. The average molecular weight is 349 g/mol. The molecule has 0 radical (unpaired) electrons. The zero-order chi connectivity index (χ0) is 18.1. The van der Waals surface area contributed by atoms with E-state index in [4.69, 9.17) is 4.74 Å². The standard InChI is InChI=1S/C14H12F5N3O2/c1-3-24-13-11(12(14(17,18)19)20-21(13)2)22(7-23)10-5-4-8(15)6-9(10)16/h4-7H,3H2,1-2H3. The van der Waals surface area contributed by atoms with Crippen LogP contribution in [0.1, 0.15) is 12.6 Å². The van der Waals surface area contributed by atoms with Crippen molar-refractivity contribution < 1.29 is 31.5 Å². The average Bonchev–Trinajstić information content (AvgIpc) is 2.80. The van der Waals surface area contributed by atoms with Crippen molar-refractivity contribution in [3.05, 3.63) is 35.5 Å². The number of hydrogen-bond donors (Lipinski definition) is 0. The van der Waals surface area contributed by atoms with E-state index in [0.717, 1.165) is 16.8 Å². The van der Waals surface area contributed by atoms with E-state index in [0.29, 0.717) is 11.0 Å². The second kappa shape index (κ2) is 6.46. The lowest BCUT2D eigenvalue weighted by Crippen LogP contribution is -2.20. The summed E-state index contributed by atoms with van der Waals surface area (Å²) >= 11 is 0. The van der Waals surface area contributed by atoms with Crippen molar-refractivity contribution in [2.75, 3.05) is 11.5 Å². The summed E-state index contributed by atoms with van der Waals surface area (Å²) in [5, 5.41) is 3.31. The number of hydrogen-bond acceptors (Lipinski definition) is 3. The van der Waals surface area contributed by atoms with Gasteiger partial charge in [-0.05, 0) is 19.1 Å². The minimum atomic E-state index is -4.92. The van der Waals surface area contributed by atoms with Crippen molar-refractivity contribution in [1.29, 1.82) is 0 Å². The molecular weight excluding hydrogens is 337 g/mol. The predicted molar refractivity (Wildman–Crippen MR) is 73.9 cm³/mol. The maximum absolute atomic E-state index is 13.9. The summed E-state index contributed by atoms with van der Waals surface area (Å²) in [6, 6.07) is 2.12. The van der Waals surface area contributed by atoms with Crippen molar-refractivity contribution in [2.45, 2.75) is 13.1 Å². The molecule has 10 heteroatoms. The number of ether oxygens (including phenoxy) is 1. The van der Waals surface area contributed by atoms with E-state index in [2.05, 4.69) is 5.10 Å². The van der Waals surface area contributed by atoms with Crippen LogP contribution in [-0.4, -0.2) is 22.8 Å². The van der Waals surface area contributed by atoms with Crippen LogP contribution in [0.2, 0.25) is 0 Å². The van der Waals surface area contributed by atoms with E-state index in [1.165, 1.54) is 14.0 Å². The van der Waals surface area contributed by atoms with E-state index in [-0.39, 0.29) is 18.9 Å². The Morgan fingerprint density at radius 3 is 2.50 bits per heavy atom. The van der Waals surface area contributed by atoms with Gasteiger partial charge in [0.25, 0.3) is 0 Å². The Kier molecular flexibility index (Phi) is 4.76. The highest BCUT2D eigenvalue weighted by Gasteiger charge is 2.42. The van der Waals surface area contributed by atoms with Gasteiger partial charge in [0, 0.05) is 13.1 Å². The number of aryl methyl sites for hydroxylation is 1. The Morgan fingerprint density at radius 1 is 1.33 bits per heavy atom. The number of carbonyl (C=O) groups excluding carboxylic acids is 1. The highest BCUT2D eigenvalue weighted by Crippen LogP contribution is 2.44. The van der Waals surface area contributed by atoms with Crippen molar-refractivity contribution in [1.82, 2.24) is 9.78 Å². The monoisotopic (exact) mass is 349 g/mol. The molecule has 0 N–H and O–H groups in total. The first-order valence-electron chi connectivity index (χ1n) is 6.67. The Bertz CT molecular complexity index is 758. The number of alkyl halides is 3. The highest BCUT2D eigenvalue weighted by molar-refractivity contribution is 5.90. The van der Waals surface area contributed by atoms with Crippen LogP contribution in [0.25, 0.3) is 0 Å². The zero-order valence-corrected chi connectivity index (χ0v) is 12.6. The first-order chi connectivity index (χ1) is 11.2. The molecule has 5 nitrogen and oxygen atoms in total. The Labute approximate surface area is 133 Å². The molecule has 0 saturated heterocycles. The topological polar surface area (TPSA) is 47.4 Å². The SMILES string of the molecule is CCOc1c(N(C=O)c2ccc(F)cc2F)c(C(F)(F)F)nn1C. The largest absolute Gasteiger partial charge is 0.477 e. The fourth-order valence-corrected chi connectivity index (χ4v) is 2.11. The van der Waals surface area contributed by atoms with Crippen LogP contribution in [0, 0.1) is 11.6 Å². The van der Waals surface area contributed by atoms with E-state index < -0.39 is 34.9 Å². The van der Waals surface area contributed by atoms with Gasteiger partial charge in [-0.2, -0.15) is 18.3 Å². The van der Waals surface area contributed by atoms with Gasteiger partial charge >= 0.3 is 6.18 Å². The fourth-order valence-electron chi connectivity index (χ4n) is 2.11. The summed E-state index contributed by atoms with van der Waals surface area (Å²) in [5.41, 5.74) is -2.76. The van der Waals surface area contributed by atoms with Crippen LogP contribution in [0.5, 0.6) is 5.88 Å². The van der Waals surface area contributed by atoms with Gasteiger partial charge in [0.15, 0.2) is 5.69 Å². The van der Waals surface area contributed by atoms with Gasteiger partial charge in [-0.1, -0.05) is 0 Å². The molecule has 0 aliphatic carbocycles. The fraction of sp³-hybridized carbons (Fsp3) is 0.286. The van der Waals surface area contributed by atoms with Gasteiger partial charge in [-0.3, -0.25) is 9.69 Å². The van der Waals surface area contributed by atoms with E-state index >= 15 is 0 Å². The van der Waals surface area contributed by atoms with E-state index in [9.17, 15) is 26.7 Å². The number of anilines is 2. The van der Waals surface area contributed by atoms with Gasteiger partial charge in [0.1, 0.15) is 17.3 Å². The summed E-state index contributed by atoms with van der Waals surface area (Å²) in [5.74, 6) is -2.52. The molecule has 0 atom stereocenters. The van der Waals surface area contributed by atoms with Gasteiger partial charge in [0.2, 0.25) is 12.3 Å². The summed E-state index contributed by atoms with van der Waals surface area (Å²) < 4.78 is 72.6. The molecule has 2 aromatic rings. The Balaban J connectivity index is 2.72. The third kappa shape index (κ3) is 3.17. The second-order valence-electron chi connectivity index (χ2n) is 4.63. The predicted octanol–water partition coefficient (Wildman–Crippen LogP) is 3.41. The van der Waals surface area contributed by atoms with E-state index in [1.807, 2.05) is 0 Å². The molecule has 0 saturated carbocycles. The van der Waals surface area contributed by atoms with Crippen molar-refractivity contribution >= 4 is 17.8 Å². The molecule has 0 aliphatic rings. The van der Waals surface area contributed by atoms with Gasteiger partial charge < -0.3 is 4.74 Å². The normalized spacial score (nSPS) is 11.5. The quantitative estimate of drug-likeness (QED) is 0.614. The molecule has 2 rings (SSSR count). The number of halogens is 5. The molecule has 130 valence electrons. The molecule has 0 spiro atoms. The molecular formula is C14H12F5N3O2. The van der Waals surface area contributed by atoms with Gasteiger partial charge in [-0.15, -0.1) is 0 Å². The van der Waals surface area contributed by atoms with Crippen LogP contribution in [0.15, 0.2) is 18.2 Å². The summed E-state index contributed by atoms with van der Waals surface area (Å²) in [4.78, 5) is 11.8. The maximum Gasteiger partial charge on any atom is 0.437 e. The van der Waals surface area contributed by atoms with Crippen LogP contribution in [0.3, 0.4) is 0 Å². The molecule has 0 bridgehead atoms. The lowest BCUT2D eigenvalue weighted by Gasteiger charge is -2.20. The minimum Gasteiger partial charge on any atom is -0.477 e. The number of rotatable bonds is 5. The number of aromatic nitrogens is 2. The van der Waals surface area contributed by atoms with Crippen molar-refractivity contribution in [3.63, 3.8) is 0 Å². The Morgan fingerprint density at radius 2 is 2.00 bits per heavy atom. The summed E-state index contributed by atoms with van der Waals surface area (Å²) in [6.07, 6.45) is -4.94. The van der Waals surface area contributed by atoms with Crippen LogP contribution in [0.4, 0.5) is 33.3 Å². The van der Waals surface area contributed by atoms with Crippen LogP contribution in [-0.2, 0) is 18.0 Å². The lowest BCUT2D eigenvalue weighted by atomic mass is 10.2. The minimum absolute atomic E-state index is 0.0115. The maximum atomic E-state index is 13.9. The third-order valence-corrected chi connectivity index (χ3v) is 3.04. The molecule has 0 aliphatic heterocycles. The zero-order valence-electron chi connectivity index (χ0n) is 12.6. The molecule has 0 unspecified atom stereocenters. The van der Waals surface area contributed by atoms with Gasteiger partial charge in [0.05, 0.1) is 12.3 Å². The third-order valence-electron chi connectivity index (χ3n) is 3.04. The van der Waals surface area contributed by atoms with Gasteiger partial charge in [-0.25, -0.2) is 13.5 Å². The lowest BCUT2D eigenvalue weighted by molar-refractivity contribution is -0.140. The summed E-state index contributed by atoms with van der Waals surface area (Å²) in [6.45, 7) is 1.51. The molecule has 1 aromatic heterocycles. The molecule has 1 heterocycles. The number of amides is 1. The highest BCUT2D eigenvalue weighted by atomic mass is 19.4. The second-order valence-corrected chi connectivity index (χ2v) is 4.63. The molecule has 24 heavy (non-hydrogen) atoms. The molecule has 1 aromatic carbocycles. The number of nitrogens with zero attached hydrogens (tertiary/aromatic N) is 3. The first kappa shape index (κ1) is 17.7. The Hall–Kier alpha value is -2.65.